The number of hydrazine groups is 1. The van der Waals surface area contributed by atoms with E-state index in [0.29, 0.717) is 6.54 Å². The maximum absolute atomic E-state index is 13.2. The van der Waals surface area contributed by atoms with Crippen LogP contribution in [0.5, 0.6) is 0 Å². The third kappa shape index (κ3) is 4.57. The number of piperazine rings is 1. The fourth-order valence-corrected chi connectivity index (χ4v) is 6.71. The van der Waals surface area contributed by atoms with Crippen molar-refractivity contribution < 1.29 is 19.2 Å². The predicted octanol–water partition coefficient (Wildman–Crippen LogP) is 3.56. The van der Waals surface area contributed by atoms with Crippen LogP contribution >= 0.6 is 0 Å². The van der Waals surface area contributed by atoms with Gasteiger partial charge in [-0.05, 0) is 47.5 Å². The zero-order chi connectivity index (χ0) is 31.5. The number of pyridine rings is 2. The van der Waals surface area contributed by atoms with E-state index in [9.17, 15) is 19.2 Å². The van der Waals surface area contributed by atoms with Crippen LogP contribution in [0.1, 0.15) is 32.7 Å². The van der Waals surface area contributed by atoms with Crippen molar-refractivity contribution in [1.29, 1.82) is 0 Å². The molecule has 0 radical (unpaired) electrons. The summed E-state index contributed by atoms with van der Waals surface area (Å²) in [6, 6.07) is 17.2. The van der Waals surface area contributed by atoms with Gasteiger partial charge in [0.2, 0.25) is 5.91 Å². The van der Waals surface area contributed by atoms with Crippen molar-refractivity contribution >= 4 is 51.4 Å². The van der Waals surface area contributed by atoms with Gasteiger partial charge in [-0.25, -0.2) is 14.8 Å². The van der Waals surface area contributed by atoms with Gasteiger partial charge in [-0.1, -0.05) is 18.2 Å². The summed E-state index contributed by atoms with van der Waals surface area (Å²) in [5, 5.41) is 6.34. The quantitative estimate of drug-likeness (QED) is 0.298. The highest BCUT2D eigenvalue weighted by atomic mass is 16.2. The van der Waals surface area contributed by atoms with Gasteiger partial charge in [-0.3, -0.25) is 29.6 Å². The number of rotatable bonds is 5. The smallest absolute Gasteiger partial charge is 0.343 e. The number of carbonyl (C=O) groups excluding carboxylic acids is 4. The second kappa shape index (κ2) is 10.8. The van der Waals surface area contributed by atoms with Crippen molar-refractivity contribution in [3.05, 3.63) is 89.9 Å². The Labute approximate surface area is 263 Å². The number of aryl methyl sites for hydroxylation is 1. The molecule has 6 heterocycles. The summed E-state index contributed by atoms with van der Waals surface area (Å²) >= 11 is 0. The van der Waals surface area contributed by atoms with Gasteiger partial charge in [0, 0.05) is 86.6 Å². The molecule has 8 rings (SSSR count). The minimum atomic E-state index is -0.770. The first-order valence-electron chi connectivity index (χ1n) is 15.2. The van der Waals surface area contributed by atoms with Gasteiger partial charge in [-0.2, -0.15) is 5.01 Å². The average molecular weight is 615 g/mol. The maximum atomic E-state index is 13.2. The van der Waals surface area contributed by atoms with Crippen molar-refractivity contribution in [2.24, 2.45) is 7.05 Å². The van der Waals surface area contributed by atoms with Crippen LogP contribution < -0.4 is 10.2 Å². The van der Waals surface area contributed by atoms with Gasteiger partial charge in [0.25, 0.3) is 11.8 Å². The van der Waals surface area contributed by atoms with Crippen molar-refractivity contribution in [1.82, 2.24) is 34.8 Å². The van der Waals surface area contributed by atoms with Crippen LogP contribution in [0.3, 0.4) is 0 Å². The lowest BCUT2D eigenvalue weighted by Crippen LogP contribution is -2.58. The molecule has 3 aromatic heterocycles. The molecule has 12 nitrogen and oxygen atoms in total. The summed E-state index contributed by atoms with van der Waals surface area (Å²) < 4.78 is 2.20. The van der Waals surface area contributed by atoms with E-state index in [0.717, 1.165) is 75.1 Å². The van der Waals surface area contributed by atoms with E-state index in [-0.39, 0.29) is 24.1 Å². The fraction of sp³-hybridized carbons (Fsp3) is 0.235. The Morgan fingerprint density at radius 3 is 2.35 bits per heavy atom. The van der Waals surface area contributed by atoms with Crippen LogP contribution in [0.15, 0.2) is 73.2 Å². The fourth-order valence-electron chi connectivity index (χ4n) is 6.71. The average Bonchev–Trinajstić information content (AvgIpc) is 3.50. The molecule has 2 fully saturated rings. The molecule has 3 aliphatic rings. The summed E-state index contributed by atoms with van der Waals surface area (Å²) in [7, 11) is 2.08. The third-order valence-electron chi connectivity index (χ3n) is 9.19. The summed E-state index contributed by atoms with van der Waals surface area (Å²) in [6.45, 7) is 3.84. The number of amides is 5. The monoisotopic (exact) mass is 614 g/mol. The zero-order valence-electron chi connectivity index (χ0n) is 25.1. The minimum Gasteiger partial charge on any atom is -0.354 e. The summed E-state index contributed by atoms with van der Waals surface area (Å²) in [5.41, 5.74) is 5.93. The van der Waals surface area contributed by atoms with Crippen molar-refractivity contribution in [2.75, 3.05) is 37.6 Å². The molecule has 0 bridgehead atoms. The number of imide groups is 2. The van der Waals surface area contributed by atoms with E-state index in [4.69, 9.17) is 4.98 Å². The van der Waals surface area contributed by atoms with E-state index in [1.165, 1.54) is 5.39 Å². The van der Waals surface area contributed by atoms with Crippen LogP contribution in [0.25, 0.3) is 32.9 Å². The van der Waals surface area contributed by atoms with Crippen LogP contribution in [-0.4, -0.2) is 85.9 Å². The molecule has 1 N–H and O–H groups in total. The maximum Gasteiger partial charge on any atom is 0.343 e. The number of urea groups is 1. The predicted molar refractivity (Wildman–Crippen MR) is 171 cm³/mol. The Morgan fingerprint density at radius 2 is 1.57 bits per heavy atom. The van der Waals surface area contributed by atoms with Gasteiger partial charge in [0.1, 0.15) is 5.82 Å². The molecule has 2 aromatic carbocycles. The van der Waals surface area contributed by atoms with Gasteiger partial charge in [0.05, 0.1) is 23.2 Å². The van der Waals surface area contributed by atoms with E-state index in [2.05, 4.69) is 62.0 Å². The highest BCUT2D eigenvalue weighted by Gasteiger charge is 2.43. The standard InChI is InChI=1S/C34H30N8O4/c1-38-28-8-10-35-19-27(28)24-6-3-22(17-29(24)38)23-4-7-30(36-18-23)40-14-12-39(13-15-40)20-21-2-5-25-26(16-21)33(45)42(32(25)44)41-11-9-31(43)37-34(41)46/h2-8,10,16-19H,9,11-15,20H2,1H3,(H,37,43,46). The first-order valence-corrected chi connectivity index (χ1v) is 15.2. The molecule has 3 aliphatic heterocycles. The molecular formula is C34H30N8O4. The normalized spacial score (nSPS) is 17.4. The number of hydrogen-bond acceptors (Lipinski definition) is 8. The Balaban J connectivity index is 0.914. The molecule has 2 saturated heterocycles. The minimum absolute atomic E-state index is 0.0240. The molecule has 5 aromatic rings. The third-order valence-corrected chi connectivity index (χ3v) is 9.19. The number of fused-ring (bicyclic) bond motifs is 4. The number of hydrogen-bond donors (Lipinski definition) is 1. The molecule has 5 amide bonds. The Morgan fingerprint density at radius 1 is 0.761 bits per heavy atom. The highest BCUT2D eigenvalue weighted by Crippen LogP contribution is 2.32. The topological polar surface area (TPSA) is 124 Å². The Bertz CT molecular complexity index is 2080. The van der Waals surface area contributed by atoms with E-state index < -0.39 is 23.8 Å². The lowest BCUT2D eigenvalue weighted by Gasteiger charge is -2.35. The molecule has 0 spiro atoms. The second-order valence-electron chi connectivity index (χ2n) is 11.9. The Hall–Kier alpha value is -5.62. The Kier molecular flexibility index (Phi) is 6.53. The highest BCUT2D eigenvalue weighted by molar-refractivity contribution is 6.22. The molecule has 0 saturated carbocycles. The first-order chi connectivity index (χ1) is 22.4. The SMILES string of the molecule is Cn1c2ccncc2c2ccc(-c3ccc(N4CCN(Cc5ccc6c(c5)C(=O)N(N5CCC(=O)NC5=O)C6=O)CC4)nc3)cc21. The van der Waals surface area contributed by atoms with E-state index in [1.54, 1.807) is 12.1 Å². The van der Waals surface area contributed by atoms with E-state index in [1.807, 2.05) is 30.7 Å². The first kappa shape index (κ1) is 27.9. The van der Waals surface area contributed by atoms with Crippen molar-refractivity contribution in [2.45, 2.75) is 13.0 Å². The molecule has 230 valence electrons. The van der Waals surface area contributed by atoms with Gasteiger partial charge < -0.3 is 9.47 Å². The largest absolute Gasteiger partial charge is 0.354 e. The van der Waals surface area contributed by atoms with Crippen LogP contribution in [0.4, 0.5) is 10.6 Å². The van der Waals surface area contributed by atoms with Gasteiger partial charge in [-0.15, -0.1) is 0 Å². The molecule has 0 atom stereocenters. The number of nitrogens with zero attached hydrogens (tertiary/aromatic N) is 7. The number of anilines is 1. The lowest BCUT2D eigenvalue weighted by molar-refractivity contribution is -0.122. The van der Waals surface area contributed by atoms with Gasteiger partial charge in [0.15, 0.2) is 0 Å². The summed E-state index contributed by atoms with van der Waals surface area (Å²) in [5.74, 6) is -0.610. The molecule has 12 heteroatoms. The van der Waals surface area contributed by atoms with Crippen LogP contribution in [0, 0.1) is 0 Å². The molecular weight excluding hydrogens is 584 g/mol. The lowest BCUT2D eigenvalue weighted by atomic mass is 10.0. The van der Waals surface area contributed by atoms with Crippen molar-refractivity contribution in [3.63, 3.8) is 0 Å². The summed E-state index contributed by atoms with van der Waals surface area (Å²) in [6.07, 6.45) is 5.70. The second-order valence-corrected chi connectivity index (χ2v) is 11.9. The van der Waals surface area contributed by atoms with Crippen LogP contribution in [0.2, 0.25) is 0 Å². The van der Waals surface area contributed by atoms with Crippen molar-refractivity contribution in [3.8, 4) is 11.1 Å². The number of carbonyl (C=O) groups is 4. The molecule has 0 unspecified atom stereocenters. The van der Waals surface area contributed by atoms with Crippen LogP contribution in [-0.2, 0) is 18.4 Å². The summed E-state index contributed by atoms with van der Waals surface area (Å²) in [4.78, 5) is 63.7. The zero-order valence-corrected chi connectivity index (χ0v) is 25.1. The number of aromatic nitrogens is 3. The van der Waals surface area contributed by atoms with Gasteiger partial charge >= 0.3 is 6.03 Å². The number of benzene rings is 2. The van der Waals surface area contributed by atoms with E-state index >= 15 is 0 Å². The number of nitrogens with one attached hydrogen (secondary N) is 1. The molecule has 0 aliphatic carbocycles. The molecule has 46 heavy (non-hydrogen) atoms.